The standard InChI is InChI=1S/C18H19NO/c1-12-8-16-10-19(11-17(16)9-13(12)2)18-6-4-15(5-7-18)14(3)20/h4-9H,10-11H2,1-3H3. The van der Waals surface area contributed by atoms with Crippen LogP contribution in [0.4, 0.5) is 5.69 Å². The van der Waals surface area contributed by atoms with Crippen LogP contribution in [0, 0.1) is 13.8 Å². The molecule has 0 radical (unpaired) electrons. The van der Waals surface area contributed by atoms with Crippen LogP contribution in [0.15, 0.2) is 36.4 Å². The van der Waals surface area contributed by atoms with Crippen LogP contribution in [0.2, 0.25) is 0 Å². The Morgan fingerprint density at radius 1 is 0.950 bits per heavy atom. The van der Waals surface area contributed by atoms with E-state index in [4.69, 9.17) is 0 Å². The molecule has 0 saturated heterocycles. The van der Waals surface area contributed by atoms with E-state index < -0.39 is 0 Å². The molecule has 0 fully saturated rings. The molecule has 2 nitrogen and oxygen atoms in total. The molecule has 0 amide bonds. The van der Waals surface area contributed by atoms with Gasteiger partial charge in [-0.3, -0.25) is 4.79 Å². The minimum atomic E-state index is 0.118. The number of fused-ring (bicyclic) bond motifs is 1. The smallest absolute Gasteiger partial charge is 0.159 e. The average Bonchev–Trinajstić information content (AvgIpc) is 2.82. The van der Waals surface area contributed by atoms with E-state index in [1.165, 1.54) is 27.9 Å². The van der Waals surface area contributed by atoms with E-state index in [-0.39, 0.29) is 5.78 Å². The molecule has 0 saturated carbocycles. The zero-order chi connectivity index (χ0) is 14.3. The summed E-state index contributed by atoms with van der Waals surface area (Å²) in [4.78, 5) is 13.7. The SMILES string of the molecule is CC(=O)c1ccc(N2Cc3cc(C)c(C)cc3C2)cc1. The summed E-state index contributed by atoms with van der Waals surface area (Å²) in [5.74, 6) is 0.118. The quantitative estimate of drug-likeness (QED) is 0.764. The van der Waals surface area contributed by atoms with Gasteiger partial charge in [0.25, 0.3) is 0 Å². The lowest BCUT2D eigenvalue weighted by molar-refractivity contribution is 0.101. The molecule has 0 spiro atoms. The molecule has 0 bridgehead atoms. The van der Waals surface area contributed by atoms with Gasteiger partial charge in [-0.25, -0.2) is 0 Å². The Labute approximate surface area is 120 Å². The molecule has 3 rings (SSSR count). The van der Waals surface area contributed by atoms with Crippen molar-refractivity contribution in [3.63, 3.8) is 0 Å². The first-order valence-corrected chi connectivity index (χ1v) is 6.99. The topological polar surface area (TPSA) is 20.3 Å². The fourth-order valence-electron chi connectivity index (χ4n) is 2.79. The second-order valence-electron chi connectivity index (χ2n) is 5.66. The third kappa shape index (κ3) is 2.22. The summed E-state index contributed by atoms with van der Waals surface area (Å²) in [5.41, 5.74) is 7.52. The van der Waals surface area contributed by atoms with Gasteiger partial charge in [0, 0.05) is 24.3 Å². The Hall–Kier alpha value is -2.09. The maximum atomic E-state index is 11.3. The van der Waals surface area contributed by atoms with Crippen LogP contribution in [0.1, 0.15) is 39.5 Å². The number of benzene rings is 2. The predicted molar refractivity (Wildman–Crippen MR) is 82.2 cm³/mol. The first kappa shape index (κ1) is 12.9. The van der Waals surface area contributed by atoms with E-state index in [1.807, 2.05) is 24.3 Å². The summed E-state index contributed by atoms with van der Waals surface area (Å²) in [6.45, 7) is 7.85. The van der Waals surface area contributed by atoms with E-state index >= 15 is 0 Å². The van der Waals surface area contributed by atoms with Crippen molar-refractivity contribution >= 4 is 11.5 Å². The molecular weight excluding hydrogens is 246 g/mol. The summed E-state index contributed by atoms with van der Waals surface area (Å²) in [6, 6.07) is 12.5. The largest absolute Gasteiger partial charge is 0.363 e. The van der Waals surface area contributed by atoms with Crippen LogP contribution in [0.3, 0.4) is 0 Å². The molecule has 0 aromatic heterocycles. The number of nitrogens with zero attached hydrogens (tertiary/aromatic N) is 1. The lowest BCUT2D eigenvalue weighted by Gasteiger charge is -2.17. The molecule has 1 heterocycles. The highest BCUT2D eigenvalue weighted by molar-refractivity contribution is 5.94. The van der Waals surface area contributed by atoms with Crippen molar-refractivity contribution < 1.29 is 4.79 Å². The summed E-state index contributed by atoms with van der Waals surface area (Å²) >= 11 is 0. The number of Topliss-reactive ketones (excluding diaryl/α,β-unsaturated/α-hetero) is 1. The van der Waals surface area contributed by atoms with E-state index in [9.17, 15) is 4.79 Å². The molecule has 1 aliphatic rings. The van der Waals surface area contributed by atoms with Crippen molar-refractivity contribution in [3.05, 3.63) is 64.2 Å². The number of aryl methyl sites for hydroxylation is 2. The van der Waals surface area contributed by atoms with Gasteiger partial charge in [-0.2, -0.15) is 0 Å². The van der Waals surface area contributed by atoms with Crippen molar-refractivity contribution in [1.82, 2.24) is 0 Å². The van der Waals surface area contributed by atoms with Crippen LogP contribution in [0.5, 0.6) is 0 Å². The molecule has 2 heteroatoms. The number of hydrogen-bond acceptors (Lipinski definition) is 2. The van der Waals surface area contributed by atoms with Crippen molar-refractivity contribution in [1.29, 1.82) is 0 Å². The fourth-order valence-corrected chi connectivity index (χ4v) is 2.79. The normalized spacial score (nSPS) is 13.4. The highest BCUT2D eigenvalue weighted by Gasteiger charge is 2.20. The molecule has 102 valence electrons. The molecule has 0 atom stereocenters. The number of carbonyl (C=O) groups is 1. The number of carbonyl (C=O) groups excluding carboxylic acids is 1. The second-order valence-corrected chi connectivity index (χ2v) is 5.66. The maximum Gasteiger partial charge on any atom is 0.159 e. The molecule has 20 heavy (non-hydrogen) atoms. The van der Waals surface area contributed by atoms with E-state index in [2.05, 4.69) is 30.9 Å². The van der Waals surface area contributed by atoms with Gasteiger partial charge in [-0.15, -0.1) is 0 Å². The zero-order valence-electron chi connectivity index (χ0n) is 12.2. The van der Waals surface area contributed by atoms with Gasteiger partial charge >= 0.3 is 0 Å². The monoisotopic (exact) mass is 265 g/mol. The predicted octanol–water partition coefficient (Wildman–Crippen LogP) is 4.03. The minimum Gasteiger partial charge on any atom is -0.363 e. The van der Waals surface area contributed by atoms with Gasteiger partial charge in [-0.05, 0) is 67.3 Å². The van der Waals surface area contributed by atoms with Crippen LogP contribution in [-0.4, -0.2) is 5.78 Å². The summed E-state index contributed by atoms with van der Waals surface area (Å²) < 4.78 is 0. The molecule has 0 aliphatic carbocycles. The van der Waals surface area contributed by atoms with Crippen molar-refractivity contribution in [2.45, 2.75) is 33.9 Å². The van der Waals surface area contributed by atoms with Crippen LogP contribution < -0.4 is 4.90 Å². The van der Waals surface area contributed by atoms with Gasteiger partial charge in [0.2, 0.25) is 0 Å². The Bertz CT molecular complexity index is 640. The number of rotatable bonds is 2. The summed E-state index contributed by atoms with van der Waals surface area (Å²) in [5, 5.41) is 0. The third-order valence-electron chi connectivity index (χ3n) is 4.18. The number of hydrogen-bond donors (Lipinski definition) is 0. The van der Waals surface area contributed by atoms with Crippen LogP contribution >= 0.6 is 0 Å². The number of ketones is 1. The molecule has 1 aliphatic heterocycles. The van der Waals surface area contributed by atoms with Gasteiger partial charge in [0.15, 0.2) is 5.78 Å². The highest BCUT2D eigenvalue weighted by atomic mass is 16.1. The van der Waals surface area contributed by atoms with E-state index in [0.717, 1.165) is 18.7 Å². The van der Waals surface area contributed by atoms with Crippen molar-refractivity contribution in [2.24, 2.45) is 0 Å². The van der Waals surface area contributed by atoms with Gasteiger partial charge < -0.3 is 4.90 Å². The Morgan fingerprint density at radius 2 is 1.45 bits per heavy atom. The Kier molecular flexibility index (Phi) is 3.09. The molecule has 0 N–H and O–H groups in total. The maximum absolute atomic E-state index is 11.3. The molecule has 2 aromatic rings. The third-order valence-corrected chi connectivity index (χ3v) is 4.18. The molecule has 2 aromatic carbocycles. The highest BCUT2D eigenvalue weighted by Crippen LogP contribution is 2.30. The Morgan fingerprint density at radius 3 is 1.90 bits per heavy atom. The molecular formula is C18H19NO. The summed E-state index contributed by atoms with van der Waals surface area (Å²) in [7, 11) is 0. The lowest BCUT2D eigenvalue weighted by atomic mass is 10.0. The van der Waals surface area contributed by atoms with Crippen LogP contribution in [0.25, 0.3) is 0 Å². The first-order chi connectivity index (χ1) is 9.54. The van der Waals surface area contributed by atoms with Crippen molar-refractivity contribution in [2.75, 3.05) is 4.90 Å². The minimum absolute atomic E-state index is 0.118. The van der Waals surface area contributed by atoms with E-state index in [0.29, 0.717) is 0 Å². The summed E-state index contributed by atoms with van der Waals surface area (Å²) in [6.07, 6.45) is 0. The number of anilines is 1. The first-order valence-electron chi connectivity index (χ1n) is 6.99. The van der Waals surface area contributed by atoms with Gasteiger partial charge in [0.1, 0.15) is 0 Å². The lowest BCUT2D eigenvalue weighted by Crippen LogP contribution is -2.14. The fraction of sp³-hybridized carbons (Fsp3) is 0.278. The Balaban J connectivity index is 1.86. The van der Waals surface area contributed by atoms with E-state index in [1.54, 1.807) is 6.92 Å². The van der Waals surface area contributed by atoms with Crippen molar-refractivity contribution in [3.8, 4) is 0 Å². The zero-order valence-corrected chi connectivity index (χ0v) is 12.2. The molecule has 0 unspecified atom stereocenters. The van der Waals surface area contributed by atoms with Gasteiger partial charge in [0.05, 0.1) is 0 Å². The second kappa shape index (κ2) is 4.78. The van der Waals surface area contributed by atoms with Crippen LogP contribution in [-0.2, 0) is 13.1 Å². The average molecular weight is 265 g/mol. The van der Waals surface area contributed by atoms with Gasteiger partial charge in [-0.1, -0.05) is 12.1 Å².